The van der Waals surface area contributed by atoms with Gasteiger partial charge in [0.2, 0.25) is 0 Å². The maximum Gasteiger partial charge on any atom is 0.197 e. The van der Waals surface area contributed by atoms with Crippen molar-refractivity contribution < 1.29 is 5.11 Å². The molecule has 3 heterocycles. The lowest BCUT2D eigenvalue weighted by Gasteiger charge is -2.30. The van der Waals surface area contributed by atoms with Gasteiger partial charge in [0, 0.05) is 5.92 Å². The molecule has 0 spiro atoms. The average molecular weight is 245 g/mol. The molecule has 0 saturated carbocycles. The zero-order valence-electron chi connectivity index (χ0n) is 10.7. The molecule has 1 aliphatic heterocycles. The molecule has 2 aromatic heterocycles. The zero-order chi connectivity index (χ0) is 12.5. The van der Waals surface area contributed by atoms with E-state index in [0.29, 0.717) is 5.92 Å². The lowest BCUT2D eigenvalue weighted by molar-refractivity contribution is 0.218. The molecule has 96 valence electrons. The summed E-state index contributed by atoms with van der Waals surface area (Å²) in [4.78, 5) is 6.98. The topological polar surface area (TPSA) is 40.8 Å². The summed E-state index contributed by atoms with van der Waals surface area (Å²) in [5.41, 5.74) is 0.975. The van der Waals surface area contributed by atoms with E-state index in [4.69, 9.17) is 0 Å². The summed E-state index contributed by atoms with van der Waals surface area (Å²) < 4.78 is 1.88. The standard InChI is InChI=1S/C14H19N3O/c1-2-16-8-6-11(7-9-16)14-15-10-12-4-3-5-13(18)17(12)14/h3-5,10-11,18H,2,6-9H2,1H3. The van der Waals surface area contributed by atoms with Gasteiger partial charge >= 0.3 is 0 Å². The van der Waals surface area contributed by atoms with Crippen molar-refractivity contribution in [2.24, 2.45) is 0 Å². The third-order valence-corrected chi connectivity index (χ3v) is 3.96. The van der Waals surface area contributed by atoms with Crippen LogP contribution in [-0.4, -0.2) is 39.0 Å². The second-order valence-electron chi connectivity index (χ2n) is 4.97. The van der Waals surface area contributed by atoms with E-state index < -0.39 is 0 Å². The Morgan fingerprint density at radius 2 is 2.11 bits per heavy atom. The fourth-order valence-corrected chi connectivity index (χ4v) is 2.85. The number of aromatic hydroxyl groups is 1. The van der Waals surface area contributed by atoms with Gasteiger partial charge in [-0.05, 0) is 44.6 Å². The van der Waals surface area contributed by atoms with Gasteiger partial charge < -0.3 is 10.0 Å². The Labute approximate surface area is 107 Å². The quantitative estimate of drug-likeness (QED) is 0.882. The summed E-state index contributed by atoms with van der Waals surface area (Å²) in [5.74, 6) is 1.76. The summed E-state index contributed by atoms with van der Waals surface area (Å²) in [6, 6.07) is 5.56. The molecule has 2 aromatic rings. The second-order valence-corrected chi connectivity index (χ2v) is 4.97. The fraction of sp³-hybridized carbons (Fsp3) is 0.500. The number of rotatable bonds is 2. The molecule has 4 nitrogen and oxygen atoms in total. The van der Waals surface area contributed by atoms with Crippen LogP contribution in [-0.2, 0) is 0 Å². The first-order chi connectivity index (χ1) is 8.79. The molecular formula is C14H19N3O. The minimum atomic E-state index is 0.290. The Bertz CT molecular complexity index is 541. The Hall–Kier alpha value is -1.55. The molecule has 1 fully saturated rings. The lowest BCUT2D eigenvalue weighted by atomic mass is 9.96. The van der Waals surface area contributed by atoms with Gasteiger partial charge in [-0.3, -0.25) is 4.40 Å². The minimum absolute atomic E-state index is 0.290. The molecular weight excluding hydrogens is 226 g/mol. The lowest BCUT2D eigenvalue weighted by Crippen LogP contribution is -2.33. The number of imidazole rings is 1. The first kappa shape index (κ1) is 11.5. The third kappa shape index (κ3) is 1.86. The van der Waals surface area contributed by atoms with Crippen molar-refractivity contribution in [2.75, 3.05) is 19.6 Å². The third-order valence-electron chi connectivity index (χ3n) is 3.96. The highest BCUT2D eigenvalue weighted by molar-refractivity contribution is 5.49. The molecule has 0 amide bonds. The van der Waals surface area contributed by atoms with Crippen LogP contribution in [0, 0.1) is 0 Å². The van der Waals surface area contributed by atoms with E-state index in [-0.39, 0.29) is 5.88 Å². The summed E-state index contributed by atoms with van der Waals surface area (Å²) in [7, 11) is 0. The zero-order valence-corrected chi connectivity index (χ0v) is 10.7. The van der Waals surface area contributed by atoms with Crippen LogP contribution in [0.3, 0.4) is 0 Å². The number of nitrogens with zero attached hydrogens (tertiary/aromatic N) is 3. The van der Waals surface area contributed by atoms with Gasteiger partial charge in [-0.2, -0.15) is 0 Å². The monoisotopic (exact) mass is 245 g/mol. The molecule has 1 saturated heterocycles. The molecule has 18 heavy (non-hydrogen) atoms. The van der Waals surface area contributed by atoms with Crippen LogP contribution in [0.15, 0.2) is 24.4 Å². The molecule has 0 atom stereocenters. The van der Waals surface area contributed by atoms with Crippen molar-refractivity contribution in [2.45, 2.75) is 25.7 Å². The van der Waals surface area contributed by atoms with E-state index in [1.54, 1.807) is 6.07 Å². The van der Waals surface area contributed by atoms with Crippen LogP contribution in [0.2, 0.25) is 0 Å². The average Bonchev–Trinajstić information content (AvgIpc) is 2.84. The first-order valence-electron chi connectivity index (χ1n) is 6.67. The summed E-state index contributed by atoms with van der Waals surface area (Å²) >= 11 is 0. The Kier molecular flexibility index (Phi) is 2.96. The minimum Gasteiger partial charge on any atom is -0.494 e. The summed E-state index contributed by atoms with van der Waals surface area (Å²) in [6.07, 6.45) is 4.10. The first-order valence-corrected chi connectivity index (χ1v) is 6.67. The van der Waals surface area contributed by atoms with Crippen molar-refractivity contribution in [1.82, 2.24) is 14.3 Å². The van der Waals surface area contributed by atoms with E-state index in [9.17, 15) is 5.11 Å². The Morgan fingerprint density at radius 1 is 1.33 bits per heavy atom. The van der Waals surface area contributed by atoms with Crippen LogP contribution >= 0.6 is 0 Å². The van der Waals surface area contributed by atoms with Crippen molar-refractivity contribution in [3.8, 4) is 5.88 Å². The van der Waals surface area contributed by atoms with E-state index in [2.05, 4.69) is 16.8 Å². The van der Waals surface area contributed by atoms with Crippen molar-refractivity contribution in [3.05, 3.63) is 30.2 Å². The number of pyridine rings is 1. The molecule has 1 aliphatic rings. The van der Waals surface area contributed by atoms with Gasteiger partial charge in [0.15, 0.2) is 5.88 Å². The highest BCUT2D eigenvalue weighted by atomic mass is 16.3. The van der Waals surface area contributed by atoms with Gasteiger partial charge in [0.1, 0.15) is 5.82 Å². The second kappa shape index (κ2) is 4.61. The highest BCUT2D eigenvalue weighted by Crippen LogP contribution is 2.29. The van der Waals surface area contributed by atoms with Crippen LogP contribution in [0.1, 0.15) is 31.5 Å². The molecule has 0 unspecified atom stereocenters. The normalized spacial score (nSPS) is 18.5. The molecule has 0 aliphatic carbocycles. The van der Waals surface area contributed by atoms with E-state index in [1.165, 1.54) is 0 Å². The summed E-state index contributed by atoms with van der Waals surface area (Å²) in [5, 5.41) is 9.98. The molecule has 0 bridgehead atoms. The fourth-order valence-electron chi connectivity index (χ4n) is 2.85. The van der Waals surface area contributed by atoms with E-state index in [1.807, 2.05) is 22.7 Å². The van der Waals surface area contributed by atoms with Gasteiger partial charge in [0.25, 0.3) is 0 Å². The van der Waals surface area contributed by atoms with Gasteiger partial charge in [-0.15, -0.1) is 0 Å². The summed E-state index contributed by atoms with van der Waals surface area (Å²) in [6.45, 7) is 5.59. The Morgan fingerprint density at radius 3 is 2.83 bits per heavy atom. The predicted octanol–water partition coefficient (Wildman–Crippen LogP) is 2.24. The number of piperidine rings is 1. The molecule has 0 radical (unpaired) electrons. The number of aromatic nitrogens is 2. The van der Waals surface area contributed by atoms with Gasteiger partial charge in [-0.1, -0.05) is 13.0 Å². The highest BCUT2D eigenvalue weighted by Gasteiger charge is 2.23. The Balaban J connectivity index is 1.91. The SMILES string of the molecule is CCN1CCC(c2ncc3cccc(O)n23)CC1. The predicted molar refractivity (Wildman–Crippen MR) is 70.9 cm³/mol. The maximum absolute atomic E-state index is 9.98. The van der Waals surface area contributed by atoms with Crippen LogP contribution in [0.4, 0.5) is 0 Å². The van der Waals surface area contributed by atoms with E-state index >= 15 is 0 Å². The van der Waals surface area contributed by atoms with E-state index in [0.717, 1.165) is 43.8 Å². The maximum atomic E-state index is 9.98. The molecule has 0 aromatic carbocycles. The van der Waals surface area contributed by atoms with Gasteiger partial charge in [-0.25, -0.2) is 4.98 Å². The molecule has 3 rings (SSSR count). The number of likely N-dealkylation sites (tertiary alicyclic amines) is 1. The van der Waals surface area contributed by atoms with Crippen molar-refractivity contribution in [1.29, 1.82) is 0 Å². The van der Waals surface area contributed by atoms with Crippen LogP contribution < -0.4 is 0 Å². The number of hydrogen-bond donors (Lipinski definition) is 1. The van der Waals surface area contributed by atoms with Crippen LogP contribution in [0.25, 0.3) is 5.52 Å². The number of hydrogen-bond acceptors (Lipinski definition) is 3. The van der Waals surface area contributed by atoms with Crippen molar-refractivity contribution in [3.63, 3.8) is 0 Å². The smallest absolute Gasteiger partial charge is 0.197 e. The van der Waals surface area contributed by atoms with Crippen molar-refractivity contribution >= 4 is 5.52 Å². The van der Waals surface area contributed by atoms with Crippen LogP contribution in [0.5, 0.6) is 5.88 Å². The molecule has 1 N–H and O–H groups in total. The largest absolute Gasteiger partial charge is 0.494 e. The molecule has 4 heteroatoms. The van der Waals surface area contributed by atoms with Gasteiger partial charge in [0.05, 0.1) is 11.7 Å². The number of fused-ring (bicyclic) bond motifs is 1.